The van der Waals surface area contributed by atoms with E-state index in [0.717, 1.165) is 29.2 Å². The summed E-state index contributed by atoms with van der Waals surface area (Å²) in [5.41, 5.74) is 8.41. The van der Waals surface area contributed by atoms with Crippen molar-refractivity contribution in [3.05, 3.63) is 18.2 Å². The van der Waals surface area contributed by atoms with Gasteiger partial charge in [-0.15, -0.1) is 0 Å². The highest BCUT2D eigenvalue weighted by Gasteiger charge is 2.16. The molecule has 0 radical (unpaired) electrons. The van der Waals surface area contributed by atoms with Gasteiger partial charge in [0.2, 0.25) is 5.95 Å². The van der Waals surface area contributed by atoms with Crippen molar-refractivity contribution < 1.29 is 4.74 Å². The first-order valence-corrected chi connectivity index (χ1v) is 6.16. The van der Waals surface area contributed by atoms with Crippen molar-refractivity contribution in [1.29, 1.82) is 0 Å². The molecule has 1 unspecified atom stereocenters. The lowest BCUT2D eigenvalue weighted by Crippen LogP contribution is -2.36. The van der Waals surface area contributed by atoms with Crippen molar-refractivity contribution in [3.63, 3.8) is 0 Å². The summed E-state index contributed by atoms with van der Waals surface area (Å²) in [6, 6.07) is 5.97. The highest BCUT2D eigenvalue weighted by molar-refractivity contribution is 5.80. The van der Waals surface area contributed by atoms with Gasteiger partial charge in [-0.3, -0.25) is 0 Å². The lowest BCUT2D eigenvalue weighted by molar-refractivity contribution is 0.181. The monoisotopic (exact) mass is 248 g/mol. The van der Waals surface area contributed by atoms with E-state index in [9.17, 15) is 0 Å². The summed E-state index contributed by atoms with van der Waals surface area (Å²) in [4.78, 5) is 10.1. The molecule has 0 aliphatic carbocycles. The molecule has 0 spiro atoms. The Bertz CT molecular complexity index is 523. The number of nitrogens with zero attached hydrogens (tertiary/aromatic N) is 2. The number of anilines is 2. The van der Waals surface area contributed by atoms with Gasteiger partial charge in [0.15, 0.2) is 0 Å². The van der Waals surface area contributed by atoms with Crippen LogP contribution >= 0.6 is 0 Å². The molecule has 1 atom stereocenters. The van der Waals surface area contributed by atoms with E-state index in [1.807, 2.05) is 18.2 Å². The van der Waals surface area contributed by atoms with E-state index in [1.165, 1.54) is 0 Å². The van der Waals surface area contributed by atoms with Crippen LogP contribution in [0, 0.1) is 0 Å². The molecule has 3 N–H and O–H groups in total. The number of likely N-dealkylation sites (N-methyl/N-ethyl adjacent to an activating group) is 1. The highest BCUT2D eigenvalue weighted by Crippen LogP contribution is 2.20. The molecule has 2 aromatic rings. The molecule has 1 aromatic heterocycles. The molecule has 5 heteroatoms. The molecule has 98 valence electrons. The number of benzene rings is 1. The van der Waals surface area contributed by atoms with Gasteiger partial charge in [-0.25, -0.2) is 4.98 Å². The van der Waals surface area contributed by atoms with Crippen LogP contribution in [0.5, 0.6) is 0 Å². The summed E-state index contributed by atoms with van der Waals surface area (Å²) in [6.45, 7) is 5.77. The van der Waals surface area contributed by atoms with Gasteiger partial charge in [-0.2, -0.15) is 0 Å². The zero-order chi connectivity index (χ0) is 13.1. The fraction of sp³-hybridized carbons (Fsp3) is 0.462. The molecule has 0 aliphatic rings. The number of hydrogen-bond donors (Lipinski definition) is 2. The summed E-state index contributed by atoms with van der Waals surface area (Å²) in [6.07, 6.45) is 0. The Balaban J connectivity index is 2.33. The van der Waals surface area contributed by atoms with E-state index in [0.29, 0.717) is 6.61 Å². The topological polar surface area (TPSA) is 67.2 Å². The van der Waals surface area contributed by atoms with Gasteiger partial charge in [0.1, 0.15) is 0 Å². The van der Waals surface area contributed by atoms with E-state index in [-0.39, 0.29) is 6.04 Å². The Morgan fingerprint density at radius 3 is 2.94 bits per heavy atom. The minimum absolute atomic E-state index is 0.276. The third-order valence-corrected chi connectivity index (χ3v) is 3.05. The van der Waals surface area contributed by atoms with E-state index >= 15 is 0 Å². The number of rotatable bonds is 5. The number of aromatic amines is 1. The lowest BCUT2D eigenvalue weighted by atomic mass is 10.3. The first-order chi connectivity index (χ1) is 8.65. The number of aromatic nitrogens is 2. The van der Waals surface area contributed by atoms with Crippen LogP contribution in [0.15, 0.2) is 18.2 Å². The fourth-order valence-corrected chi connectivity index (χ4v) is 2.15. The van der Waals surface area contributed by atoms with E-state index in [1.54, 1.807) is 7.11 Å². The van der Waals surface area contributed by atoms with E-state index < -0.39 is 0 Å². The lowest BCUT2D eigenvalue weighted by Gasteiger charge is -2.26. The first-order valence-electron chi connectivity index (χ1n) is 6.16. The fourth-order valence-electron chi connectivity index (χ4n) is 2.15. The van der Waals surface area contributed by atoms with Crippen LogP contribution in [-0.4, -0.2) is 36.3 Å². The van der Waals surface area contributed by atoms with Crippen LogP contribution in [0.1, 0.15) is 13.8 Å². The number of nitrogen functional groups attached to an aromatic ring is 1. The van der Waals surface area contributed by atoms with Crippen molar-refractivity contribution >= 4 is 22.7 Å². The number of nitrogens with two attached hydrogens (primary N) is 1. The second-order valence-corrected chi connectivity index (χ2v) is 4.43. The molecule has 0 fully saturated rings. The van der Waals surface area contributed by atoms with Gasteiger partial charge in [-0.05, 0) is 32.0 Å². The molecule has 5 nitrogen and oxygen atoms in total. The average molecular weight is 248 g/mol. The zero-order valence-electron chi connectivity index (χ0n) is 11.1. The molecular formula is C13H20N4O. The van der Waals surface area contributed by atoms with Crippen molar-refractivity contribution in [2.75, 3.05) is 30.9 Å². The van der Waals surface area contributed by atoms with Crippen molar-refractivity contribution in [3.8, 4) is 0 Å². The van der Waals surface area contributed by atoms with Gasteiger partial charge in [-0.1, -0.05) is 0 Å². The second-order valence-electron chi connectivity index (χ2n) is 4.43. The number of fused-ring (bicyclic) bond motifs is 1. The van der Waals surface area contributed by atoms with Gasteiger partial charge in [0.05, 0.1) is 23.7 Å². The SMILES string of the molecule is CCN(c1nc2ccc(N)cc2[nH]1)C(C)COC. The van der Waals surface area contributed by atoms with Gasteiger partial charge >= 0.3 is 0 Å². The predicted octanol–water partition coefficient (Wildman–Crippen LogP) is 2.01. The molecule has 0 saturated heterocycles. The Hall–Kier alpha value is -1.75. The summed E-state index contributed by atoms with van der Waals surface area (Å²) >= 11 is 0. The summed E-state index contributed by atoms with van der Waals surface area (Å²) in [7, 11) is 1.71. The molecule has 1 heterocycles. The molecule has 0 saturated carbocycles. The molecule has 0 aliphatic heterocycles. The minimum Gasteiger partial charge on any atom is -0.399 e. The van der Waals surface area contributed by atoms with E-state index in [4.69, 9.17) is 10.5 Å². The number of H-pyrrole nitrogens is 1. The maximum atomic E-state index is 5.77. The number of nitrogens with one attached hydrogen (secondary N) is 1. The summed E-state index contributed by atoms with van der Waals surface area (Å²) < 4.78 is 5.20. The smallest absolute Gasteiger partial charge is 0.204 e. The molecular weight excluding hydrogens is 228 g/mol. The number of imidazole rings is 1. The predicted molar refractivity (Wildman–Crippen MR) is 74.9 cm³/mol. The summed E-state index contributed by atoms with van der Waals surface area (Å²) in [5.74, 6) is 0.864. The van der Waals surface area contributed by atoms with Crippen LogP contribution in [-0.2, 0) is 4.74 Å². The van der Waals surface area contributed by atoms with Crippen molar-refractivity contribution in [1.82, 2.24) is 9.97 Å². The van der Waals surface area contributed by atoms with Crippen LogP contribution < -0.4 is 10.6 Å². The van der Waals surface area contributed by atoms with E-state index in [2.05, 4.69) is 28.7 Å². The Kier molecular flexibility index (Phi) is 3.72. The van der Waals surface area contributed by atoms with Gasteiger partial charge in [0.25, 0.3) is 0 Å². The van der Waals surface area contributed by atoms with Crippen LogP contribution in [0.3, 0.4) is 0 Å². The quantitative estimate of drug-likeness (QED) is 0.794. The maximum absolute atomic E-state index is 5.77. The van der Waals surface area contributed by atoms with Crippen molar-refractivity contribution in [2.24, 2.45) is 0 Å². The first kappa shape index (κ1) is 12.7. The standard InChI is InChI=1S/C13H20N4O/c1-4-17(9(2)8-18-3)13-15-11-6-5-10(14)7-12(11)16-13/h5-7,9H,4,8,14H2,1-3H3,(H,15,16). The van der Waals surface area contributed by atoms with Gasteiger partial charge < -0.3 is 20.4 Å². The number of hydrogen-bond acceptors (Lipinski definition) is 4. The highest BCUT2D eigenvalue weighted by atomic mass is 16.5. The van der Waals surface area contributed by atoms with Crippen LogP contribution in [0.2, 0.25) is 0 Å². The largest absolute Gasteiger partial charge is 0.399 e. The van der Waals surface area contributed by atoms with Crippen LogP contribution in [0.25, 0.3) is 11.0 Å². The third-order valence-electron chi connectivity index (χ3n) is 3.05. The molecule has 18 heavy (non-hydrogen) atoms. The number of methoxy groups -OCH3 is 1. The normalized spacial score (nSPS) is 12.8. The van der Waals surface area contributed by atoms with Crippen LogP contribution in [0.4, 0.5) is 11.6 Å². The Morgan fingerprint density at radius 2 is 2.28 bits per heavy atom. The molecule has 2 rings (SSSR count). The van der Waals surface area contributed by atoms with Gasteiger partial charge in [0, 0.05) is 19.3 Å². The molecule has 1 aromatic carbocycles. The maximum Gasteiger partial charge on any atom is 0.204 e. The third kappa shape index (κ3) is 2.41. The number of ether oxygens (including phenoxy) is 1. The average Bonchev–Trinajstić information content (AvgIpc) is 2.72. The molecule has 0 bridgehead atoms. The minimum atomic E-state index is 0.276. The second kappa shape index (κ2) is 5.27. The Morgan fingerprint density at radius 1 is 1.50 bits per heavy atom. The molecule has 0 amide bonds. The van der Waals surface area contributed by atoms with Crippen molar-refractivity contribution in [2.45, 2.75) is 19.9 Å². The zero-order valence-corrected chi connectivity index (χ0v) is 11.1. The Labute approximate surface area is 107 Å². The summed E-state index contributed by atoms with van der Waals surface area (Å²) in [5, 5.41) is 0.